The van der Waals surface area contributed by atoms with Crippen molar-refractivity contribution in [3.8, 4) is 0 Å². The van der Waals surface area contributed by atoms with Gasteiger partial charge in [-0.25, -0.2) is 4.98 Å². The van der Waals surface area contributed by atoms with Crippen LogP contribution in [0.3, 0.4) is 0 Å². The van der Waals surface area contributed by atoms with Crippen LogP contribution in [-0.2, 0) is 6.54 Å². The van der Waals surface area contributed by atoms with E-state index in [1.54, 1.807) is 0 Å². The van der Waals surface area contributed by atoms with Crippen LogP contribution >= 0.6 is 0 Å². The van der Waals surface area contributed by atoms with Gasteiger partial charge >= 0.3 is 0 Å². The van der Waals surface area contributed by atoms with Crippen molar-refractivity contribution < 1.29 is 4.52 Å². The first-order valence-electron chi connectivity index (χ1n) is 11.7. The minimum absolute atomic E-state index is 0.333. The fourth-order valence-electron chi connectivity index (χ4n) is 4.20. The second-order valence-corrected chi connectivity index (χ2v) is 9.41. The van der Waals surface area contributed by atoms with Crippen LogP contribution in [0, 0.1) is 0 Å². The fourth-order valence-corrected chi connectivity index (χ4v) is 4.20. The Labute approximate surface area is 188 Å². The molecule has 1 aliphatic heterocycles. The van der Waals surface area contributed by atoms with E-state index < -0.39 is 0 Å². The molecule has 4 N–H and O–H groups in total. The maximum atomic E-state index is 5.46. The van der Waals surface area contributed by atoms with Crippen molar-refractivity contribution in [2.24, 2.45) is 0 Å². The first-order chi connectivity index (χ1) is 15.5. The zero-order chi connectivity index (χ0) is 22.1. The summed E-state index contributed by atoms with van der Waals surface area (Å²) in [6.07, 6.45) is 4.60. The van der Waals surface area contributed by atoms with Crippen LogP contribution in [0.25, 0.3) is 0 Å². The molecule has 3 aromatic heterocycles. The average molecular weight is 437 g/mol. The first kappa shape index (κ1) is 20.9. The molecule has 0 amide bonds. The highest BCUT2D eigenvalue weighted by Crippen LogP contribution is 2.39. The van der Waals surface area contributed by atoms with Crippen LogP contribution in [0.2, 0.25) is 0 Å². The second-order valence-electron chi connectivity index (χ2n) is 9.41. The molecule has 9 heteroatoms. The van der Waals surface area contributed by atoms with Crippen molar-refractivity contribution in [3.63, 3.8) is 0 Å². The standard InChI is InChI=1S/C23H32N8O/c1-13(2)18-9-17(32-31-18)12-25-23-26-19(16-6-7-24-14(3)8-16)10-21(28-23)27-22-11-20(29-30-22)15-4-5-15/h9-11,13-16,24H,4-8,12H2,1-3H3,(H3,25,26,27,28,29,30)/t14-,16?/m1/s1. The summed E-state index contributed by atoms with van der Waals surface area (Å²) in [5.74, 6) is 4.25. The molecular formula is C23H32N8O. The van der Waals surface area contributed by atoms with Crippen molar-refractivity contribution >= 4 is 17.6 Å². The Hall–Kier alpha value is -2.94. The van der Waals surface area contributed by atoms with Crippen LogP contribution in [0.1, 0.15) is 87.1 Å². The summed E-state index contributed by atoms with van der Waals surface area (Å²) in [6, 6.07) is 6.61. The summed E-state index contributed by atoms with van der Waals surface area (Å²) in [5.41, 5.74) is 3.20. The van der Waals surface area contributed by atoms with Gasteiger partial charge in [0.15, 0.2) is 11.6 Å². The van der Waals surface area contributed by atoms with Crippen LogP contribution in [0.15, 0.2) is 22.7 Å². The lowest BCUT2D eigenvalue weighted by Crippen LogP contribution is -2.35. The van der Waals surface area contributed by atoms with E-state index in [0.717, 1.165) is 48.2 Å². The largest absolute Gasteiger partial charge is 0.359 e. The van der Waals surface area contributed by atoms with E-state index in [4.69, 9.17) is 14.5 Å². The van der Waals surface area contributed by atoms with E-state index in [-0.39, 0.29) is 0 Å². The Kier molecular flexibility index (Phi) is 5.82. The highest BCUT2D eigenvalue weighted by atomic mass is 16.5. The summed E-state index contributed by atoms with van der Waals surface area (Å²) >= 11 is 0. The summed E-state index contributed by atoms with van der Waals surface area (Å²) in [4.78, 5) is 9.56. The SMILES string of the molecule is CC(C)c1cc(CNc2nc(Nc3cc(C4CC4)[nH]n3)cc(C3CCN[C@H](C)C3)n2)on1. The molecule has 32 heavy (non-hydrogen) atoms. The number of hydrogen-bond acceptors (Lipinski definition) is 8. The molecule has 5 rings (SSSR count). The summed E-state index contributed by atoms with van der Waals surface area (Å²) in [7, 11) is 0. The van der Waals surface area contributed by atoms with Gasteiger partial charge in [0.25, 0.3) is 0 Å². The lowest BCUT2D eigenvalue weighted by molar-refractivity contribution is 0.376. The smallest absolute Gasteiger partial charge is 0.225 e. The molecule has 0 aromatic carbocycles. The Morgan fingerprint density at radius 2 is 1.97 bits per heavy atom. The van der Waals surface area contributed by atoms with Gasteiger partial charge < -0.3 is 20.5 Å². The van der Waals surface area contributed by atoms with Crippen molar-refractivity contribution in [3.05, 3.63) is 41.0 Å². The van der Waals surface area contributed by atoms with Gasteiger partial charge in [-0.15, -0.1) is 0 Å². The zero-order valence-corrected chi connectivity index (χ0v) is 19.0. The topological polar surface area (TPSA) is 117 Å². The van der Waals surface area contributed by atoms with Crippen LogP contribution in [0.4, 0.5) is 17.6 Å². The molecule has 0 radical (unpaired) electrons. The Morgan fingerprint density at radius 3 is 2.72 bits per heavy atom. The lowest BCUT2D eigenvalue weighted by atomic mass is 9.90. The molecular weight excluding hydrogens is 404 g/mol. The third-order valence-electron chi connectivity index (χ3n) is 6.25. The molecule has 3 aromatic rings. The number of anilines is 3. The van der Waals surface area contributed by atoms with Gasteiger partial charge in [-0.3, -0.25) is 5.10 Å². The predicted molar refractivity (Wildman–Crippen MR) is 123 cm³/mol. The Bertz CT molecular complexity index is 1050. The van der Waals surface area contributed by atoms with Gasteiger partial charge in [0.1, 0.15) is 5.82 Å². The number of aromatic nitrogens is 5. The maximum Gasteiger partial charge on any atom is 0.225 e. The molecule has 2 atom stereocenters. The number of rotatable bonds is 8. The third-order valence-corrected chi connectivity index (χ3v) is 6.25. The molecule has 1 unspecified atom stereocenters. The maximum absolute atomic E-state index is 5.46. The number of hydrogen-bond donors (Lipinski definition) is 4. The molecule has 0 bridgehead atoms. The minimum Gasteiger partial charge on any atom is -0.359 e. The predicted octanol–water partition coefficient (Wildman–Crippen LogP) is 4.40. The van der Waals surface area contributed by atoms with E-state index in [9.17, 15) is 0 Å². The normalized spacial score (nSPS) is 21.1. The van der Waals surface area contributed by atoms with Gasteiger partial charge in [0, 0.05) is 41.8 Å². The van der Waals surface area contributed by atoms with Crippen molar-refractivity contribution in [1.29, 1.82) is 0 Å². The monoisotopic (exact) mass is 436 g/mol. The van der Waals surface area contributed by atoms with Gasteiger partial charge in [0.05, 0.1) is 17.9 Å². The molecule has 0 spiro atoms. The molecule has 1 aliphatic carbocycles. The molecule has 2 aliphatic rings. The number of H-pyrrole nitrogens is 1. The second kappa shape index (κ2) is 8.90. The molecule has 1 saturated heterocycles. The quantitative estimate of drug-likeness (QED) is 0.411. The Morgan fingerprint density at radius 1 is 1.09 bits per heavy atom. The van der Waals surface area contributed by atoms with Gasteiger partial charge in [-0.05, 0) is 45.1 Å². The zero-order valence-electron chi connectivity index (χ0n) is 19.0. The highest BCUT2D eigenvalue weighted by molar-refractivity contribution is 5.55. The van der Waals surface area contributed by atoms with Gasteiger partial charge in [-0.1, -0.05) is 19.0 Å². The number of nitrogens with zero attached hydrogens (tertiary/aromatic N) is 4. The molecule has 4 heterocycles. The summed E-state index contributed by atoms with van der Waals surface area (Å²) in [5, 5.41) is 21.9. The van der Waals surface area contributed by atoms with E-state index in [2.05, 4.69) is 64.2 Å². The summed E-state index contributed by atoms with van der Waals surface area (Å²) < 4.78 is 5.46. The van der Waals surface area contributed by atoms with E-state index in [1.165, 1.54) is 18.5 Å². The number of nitrogens with one attached hydrogen (secondary N) is 4. The van der Waals surface area contributed by atoms with E-state index in [1.807, 2.05) is 6.07 Å². The van der Waals surface area contributed by atoms with Crippen LogP contribution in [-0.4, -0.2) is 37.9 Å². The highest BCUT2D eigenvalue weighted by Gasteiger charge is 2.26. The third kappa shape index (κ3) is 4.93. The van der Waals surface area contributed by atoms with Crippen LogP contribution < -0.4 is 16.0 Å². The van der Waals surface area contributed by atoms with Gasteiger partial charge in [-0.2, -0.15) is 10.1 Å². The lowest BCUT2D eigenvalue weighted by Gasteiger charge is -2.28. The molecule has 1 saturated carbocycles. The van der Waals surface area contributed by atoms with Crippen molar-refractivity contribution in [2.75, 3.05) is 17.2 Å². The van der Waals surface area contributed by atoms with E-state index >= 15 is 0 Å². The number of piperidine rings is 1. The number of aromatic amines is 1. The first-order valence-corrected chi connectivity index (χ1v) is 11.7. The molecule has 170 valence electrons. The Balaban J connectivity index is 1.36. The fraction of sp³-hybridized carbons (Fsp3) is 0.565. The average Bonchev–Trinajstić information content (AvgIpc) is 3.33. The molecule has 9 nitrogen and oxygen atoms in total. The van der Waals surface area contributed by atoms with Crippen molar-refractivity contribution in [1.82, 2.24) is 30.6 Å². The minimum atomic E-state index is 0.333. The van der Waals surface area contributed by atoms with E-state index in [0.29, 0.717) is 36.3 Å². The summed E-state index contributed by atoms with van der Waals surface area (Å²) in [6.45, 7) is 7.92. The van der Waals surface area contributed by atoms with Crippen molar-refractivity contribution in [2.45, 2.75) is 76.8 Å². The molecule has 2 fully saturated rings. The van der Waals surface area contributed by atoms with Gasteiger partial charge in [0.2, 0.25) is 5.95 Å². The van der Waals surface area contributed by atoms with Crippen LogP contribution in [0.5, 0.6) is 0 Å².